The first-order valence-electron chi connectivity index (χ1n) is 14.0. The van der Waals surface area contributed by atoms with Crippen molar-refractivity contribution < 1.29 is 78.8 Å². The average Bonchev–Trinajstić information content (AvgIpc) is 3.29. The zero-order valence-electron chi connectivity index (χ0n) is 25.7. The van der Waals surface area contributed by atoms with E-state index in [4.69, 9.17) is 18.4 Å². The smallest absolute Gasteiger partial charge is 0.497 e. The Balaban J connectivity index is 1.34. The van der Waals surface area contributed by atoms with Crippen LogP contribution in [-0.2, 0) is 40.5 Å². The van der Waals surface area contributed by atoms with Crippen LogP contribution in [0.15, 0.2) is 63.8 Å². The number of phosphoric acid groups is 4. The van der Waals surface area contributed by atoms with E-state index in [0.717, 1.165) is 17.2 Å². The van der Waals surface area contributed by atoms with Gasteiger partial charge in [0, 0.05) is 35.1 Å². The maximum Gasteiger partial charge on any atom is 0.536 e. The highest BCUT2D eigenvalue weighted by Crippen LogP contribution is 2.71. The van der Waals surface area contributed by atoms with E-state index >= 15 is 0 Å². The summed E-state index contributed by atoms with van der Waals surface area (Å²) in [6.07, 6.45) is -2.41. The van der Waals surface area contributed by atoms with Crippen LogP contribution in [0.3, 0.4) is 0 Å². The Morgan fingerprint density at radius 1 is 0.816 bits per heavy atom. The van der Waals surface area contributed by atoms with Gasteiger partial charge in [-0.15, -0.1) is 0 Å². The predicted molar refractivity (Wildman–Crippen MR) is 170 cm³/mol. The summed E-state index contributed by atoms with van der Waals surface area (Å²) in [5.41, 5.74) is 2.42. The van der Waals surface area contributed by atoms with Crippen LogP contribution in [-0.4, -0.2) is 56.7 Å². The van der Waals surface area contributed by atoms with Gasteiger partial charge in [0.2, 0.25) is 0 Å². The van der Waals surface area contributed by atoms with Crippen LogP contribution in [0.25, 0.3) is 33.4 Å². The predicted octanol–water partition coefficient (Wildman–Crippen LogP) is 5.27. The number of rotatable bonds is 13. The summed E-state index contributed by atoms with van der Waals surface area (Å²) < 4.78 is 87.2. The molecule has 5 N–H and O–H groups in total. The van der Waals surface area contributed by atoms with Gasteiger partial charge in [-0.1, -0.05) is 6.07 Å². The second-order valence-corrected chi connectivity index (χ2v) is 16.9. The van der Waals surface area contributed by atoms with Gasteiger partial charge in [0.05, 0.1) is 25.9 Å². The lowest BCUT2D eigenvalue weighted by molar-refractivity contribution is -0.0167. The van der Waals surface area contributed by atoms with Crippen LogP contribution in [0.2, 0.25) is 0 Å². The van der Waals surface area contributed by atoms with Gasteiger partial charge >= 0.3 is 31.3 Å². The van der Waals surface area contributed by atoms with E-state index in [0.29, 0.717) is 22.3 Å². The number of phosphoric ester groups is 2. The molecule has 2 heterocycles. The van der Waals surface area contributed by atoms with Gasteiger partial charge in [-0.25, -0.2) is 18.3 Å². The van der Waals surface area contributed by atoms with Gasteiger partial charge in [0.1, 0.15) is 28.9 Å². The lowest BCUT2D eigenvalue weighted by Crippen LogP contribution is -2.26. The number of aliphatic hydroxyl groups excluding tert-OH is 1. The molecule has 0 spiro atoms. The SMILES string of the molecule is COc1ccc(-c2c3ccc(=O)cc-3oc3cc(OP(=O)(O)OP(=O)(O)OP(=O)(O)OP(=O)(O)OC[C@H]4O[C@@H](C)C[C@H]4O)ccc23)c(C)c1. The fraction of sp³-hybridized carbons (Fsp3) is 0.296. The summed E-state index contributed by atoms with van der Waals surface area (Å²) in [4.78, 5) is 51.9. The van der Waals surface area contributed by atoms with Gasteiger partial charge < -0.3 is 38.2 Å². The maximum atomic E-state index is 12.7. The van der Waals surface area contributed by atoms with Crippen molar-refractivity contribution in [3.8, 4) is 33.9 Å². The molecule has 5 rings (SSSR count). The third-order valence-electron chi connectivity index (χ3n) is 7.02. The number of fused-ring (bicyclic) bond motifs is 2. The second-order valence-electron chi connectivity index (χ2n) is 10.8. The molecule has 266 valence electrons. The van der Waals surface area contributed by atoms with E-state index in [1.54, 1.807) is 31.2 Å². The van der Waals surface area contributed by atoms with Crippen LogP contribution in [0.1, 0.15) is 18.9 Å². The molecule has 2 aromatic rings. The minimum absolute atomic E-state index is 0.0428. The first-order valence-corrected chi connectivity index (χ1v) is 20.0. The van der Waals surface area contributed by atoms with Crippen molar-refractivity contribution in [3.05, 3.63) is 70.4 Å². The minimum Gasteiger partial charge on any atom is -0.497 e. The van der Waals surface area contributed by atoms with Crippen molar-refractivity contribution in [2.45, 2.75) is 38.6 Å². The molecular formula is C27H30O18P4. The number of hydrogen-bond acceptors (Lipinski definition) is 14. The number of hydrogen-bond donors (Lipinski definition) is 5. The molecule has 0 radical (unpaired) electrons. The van der Waals surface area contributed by atoms with Crippen molar-refractivity contribution in [1.29, 1.82) is 0 Å². The van der Waals surface area contributed by atoms with Crippen molar-refractivity contribution in [1.82, 2.24) is 0 Å². The number of benzene rings is 3. The Bertz CT molecular complexity index is 2100. The van der Waals surface area contributed by atoms with Gasteiger partial charge in [-0.3, -0.25) is 14.2 Å². The van der Waals surface area contributed by atoms with Crippen LogP contribution in [0.5, 0.6) is 11.5 Å². The third kappa shape index (κ3) is 9.33. The molecule has 7 atom stereocenters. The Labute approximate surface area is 277 Å². The molecule has 1 aliphatic carbocycles. The topological polar surface area (TPSA) is 264 Å². The largest absolute Gasteiger partial charge is 0.536 e. The number of aliphatic hydroxyl groups is 1. The average molecular weight is 766 g/mol. The van der Waals surface area contributed by atoms with Crippen LogP contribution in [0, 0.1) is 6.92 Å². The molecule has 49 heavy (non-hydrogen) atoms. The Hall–Kier alpha value is -2.75. The molecular weight excluding hydrogens is 736 g/mol. The van der Waals surface area contributed by atoms with E-state index in [-0.39, 0.29) is 23.2 Å². The molecule has 0 bridgehead atoms. The standard InChI is InChI=1S/C27H30O18P4/c1-15-10-18(38-3)5-8-20(15)27-21-7-4-17(28)12-24(21)41-25-13-19(6-9-22(25)27)42-47(32,33)44-49(36,37)45-48(34,35)43-46(30,31)39-14-26-23(29)11-16(2)40-26/h4-10,12-13,16,23,26,29H,11,14H2,1-3H3,(H,30,31)(H,32,33)(H,34,35)(H,36,37)/t16-,23+,26+/m0/s1. The quantitative estimate of drug-likeness (QED) is 0.0857. The summed E-state index contributed by atoms with van der Waals surface area (Å²) in [6, 6.07) is 13.3. The van der Waals surface area contributed by atoms with E-state index in [1.165, 1.54) is 31.4 Å². The first-order chi connectivity index (χ1) is 22.8. The van der Waals surface area contributed by atoms with Crippen LogP contribution in [0.4, 0.5) is 0 Å². The fourth-order valence-corrected chi connectivity index (χ4v) is 10.0. The number of aryl methyl sites for hydroxylation is 1. The monoisotopic (exact) mass is 766 g/mol. The second kappa shape index (κ2) is 14.1. The van der Waals surface area contributed by atoms with Crippen molar-refractivity contribution in [2.75, 3.05) is 13.7 Å². The molecule has 1 saturated heterocycles. The van der Waals surface area contributed by atoms with Crippen molar-refractivity contribution in [3.63, 3.8) is 0 Å². The highest BCUT2D eigenvalue weighted by Gasteiger charge is 2.47. The number of ether oxygens (including phenoxy) is 2. The lowest BCUT2D eigenvalue weighted by Gasteiger charge is -2.21. The highest BCUT2D eigenvalue weighted by molar-refractivity contribution is 7.69. The molecule has 3 aliphatic rings. The Morgan fingerprint density at radius 2 is 1.45 bits per heavy atom. The zero-order valence-corrected chi connectivity index (χ0v) is 29.3. The van der Waals surface area contributed by atoms with E-state index < -0.39 is 62.0 Å². The maximum absolute atomic E-state index is 12.7. The summed E-state index contributed by atoms with van der Waals surface area (Å²) in [5.74, 6) is 0.299. The zero-order chi connectivity index (χ0) is 35.9. The van der Waals surface area contributed by atoms with E-state index in [1.807, 2.05) is 6.92 Å². The molecule has 2 aromatic carbocycles. The normalized spacial score (nSPS) is 23.0. The molecule has 1 fully saturated rings. The van der Waals surface area contributed by atoms with Gasteiger partial charge in [0.25, 0.3) is 0 Å². The number of methoxy groups -OCH3 is 1. The van der Waals surface area contributed by atoms with Gasteiger partial charge in [0.15, 0.2) is 5.43 Å². The highest BCUT2D eigenvalue weighted by atomic mass is 31.3. The van der Waals surface area contributed by atoms with E-state index in [2.05, 4.69) is 17.5 Å². The van der Waals surface area contributed by atoms with Gasteiger partial charge in [-0.2, -0.15) is 12.9 Å². The minimum atomic E-state index is -6.06. The Kier molecular flexibility index (Phi) is 10.8. The van der Waals surface area contributed by atoms with Gasteiger partial charge in [-0.05, 0) is 61.4 Å². The van der Waals surface area contributed by atoms with E-state index in [9.17, 15) is 47.7 Å². The molecule has 2 aliphatic heterocycles. The molecule has 0 aromatic heterocycles. The molecule has 0 amide bonds. The molecule has 22 heteroatoms. The summed E-state index contributed by atoms with van der Waals surface area (Å²) >= 11 is 0. The van der Waals surface area contributed by atoms with Crippen molar-refractivity contribution in [2.24, 2.45) is 0 Å². The summed E-state index contributed by atoms with van der Waals surface area (Å²) in [5, 5.41) is 10.3. The first kappa shape index (κ1) is 37.5. The molecule has 0 saturated carbocycles. The van der Waals surface area contributed by atoms with Crippen LogP contribution >= 0.6 is 31.3 Å². The summed E-state index contributed by atoms with van der Waals surface area (Å²) in [6.45, 7) is 2.67. The lowest BCUT2D eigenvalue weighted by atomic mass is 9.91. The Morgan fingerprint density at radius 3 is 2.08 bits per heavy atom. The molecule has 18 nitrogen and oxygen atoms in total. The van der Waals surface area contributed by atoms with Crippen molar-refractivity contribution >= 4 is 42.3 Å². The third-order valence-corrected chi connectivity index (χ3v) is 12.9. The summed E-state index contributed by atoms with van der Waals surface area (Å²) in [7, 11) is -21.7. The fourth-order valence-electron chi connectivity index (χ4n) is 5.09. The molecule has 4 unspecified atom stereocenters. The van der Waals surface area contributed by atoms with Crippen LogP contribution < -0.4 is 14.7 Å².